The zero-order chi connectivity index (χ0) is 15.9. The van der Waals surface area contributed by atoms with Crippen molar-refractivity contribution in [3.05, 3.63) is 29.3 Å². The minimum Gasteiger partial charge on any atom is -0.495 e. The van der Waals surface area contributed by atoms with Gasteiger partial charge in [0.05, 0.1) is 12.7 Å². The minimum absolute atomic E-state index is 0.0969. The largest absolute Gasteiger partial charge is 0.495 e. The van der Waals surface area contributed by atoms with Crippen LogP contribution in [0.3, 0.4) is 0 Å². The van der Waals surface area contributed by atoms with Crippen molar-refractivity contribution in [3.8, 4) is 11.8 Å². The quantitative estimate of drug-likeness (QED) is 0.799. The van der Waals surface area contributed by atoms with Crippen molar-refractivity contribution in [1.29, 1.82) is 5.26 Å². The first-order valence-corrected chi connectivity index (χ1v) is 7.45. The Morgan fingerprint density at radius 1 is 1.38 bits per heavy atom. The predicted molar refractivity (Wildman–Crippen MR) is 86.1 cm³/mol. The molecule has 1 rings (SSSR count). The van der Waals surface area contributed by atoms with E-state index in [0.29, 0.717) is 17.9 Å². The third-order valence-electron chi connectivity index (χ3n) is 3.53. The van der Waals surface area contributed by atoms with Gasteiger partial charge in [-0.05, 0) is 42.6 Å². The molecule has 4 nitrogen and oxygen atoms in total. The van der Waals surface area contributed by atoms with Crippen molar-refractivity contribution in [2.45, 2.75) is 33.7 Å². The van der Waals surface area contributed by atoms with Gasteiger partial charge in [0.2, 0.25) is 0 Å². The molecular formula is C17H27N3O. The number of nitrogens with zero attached hydrogens (tertiary/aromatic N) is 2. The van der Waals surface area contributed by atoms with Crippen LogP contribution in [-0.2, 0) is 6.54 Å². The maximum Gasteiger partial charge on any atom is 0.136 e. The SMILES string of the molecule is CCCN(Cc1ccc(OC)c(C#N)c1)CC(C)(C)CN. The standard InChI is InChI=1S/C17H27N3O/c1-5-8-20(13-17(2,3)12-19)11-14-6-7-16(21-4)15(9-14)10-18/h6-7,9H,5,8,11-13,19H2,1-4H3. The summed E-state index contributed by atoms with van der Waals surface area (Å²) in [6, 6.07) is 7.99. The summed E-state index contributed by atoms with van der Waals surface area (Å²) in [6.45, 7) is 10.0. The Morgan fingerprint density at radius 2 is 2.10 bits per heavy atom. The van der Waals surface area contributed by atoms with E-state index in [9.17, 15) is 5.26 Å². The summed E-state index contributed by atoms with van der Waals surface area (Å²) in [5.74, 6) is 0.630. The Hall–Kier alpha value is -1.57. The first kappa shape index (κ1) is 17.5. The molecule has 1 aromatic carbocycles. The van der Waals surface area contributed by atoms with Crippen molar-refractivity contribution in [1.82, 2.24) is 4.90 Å². The maximum absolute atomic E-state index is 9.18. The molecule has 0 heterocycles. The maximum atomic E-state index is 9.18. The van der Waals surface area contributed by atoms with Crippen molar-refractivity contribution in [3.63, 3.8) is 0 Å². The highest BCUT2D eigenvalue weighted by Gasteiger charge is 2.20. The predicted octanol–water partition coefficient (Wildman–Crippen LogP) is 2.76. The third kappa shape index (κ3) is 5.37. The van der Waals surface area contributed by atoms with Gasteiger partial charge in [-0.25, -0.2) is 0 Å². The molecule has 0 atom stereocenters. The summed E-state index contributed by atoms with van der Waals surface area (Å²) in [7, 11) is 1.59. The molecule has 0 aliphatic rings. The Labute approximate surface area is 128 Å². The number of ether oxygens (including phenoxy) is 1. The summed E-state index contributed by atoms with van der Waals surface area (Å²) in [4.78, 5) is 2.40. The average molecular weight is 289 g/mol. The fraction of sp³-hybridized carbons (Fsp3) is 0.588. The summed E-state index contributed by atoms with van der Waals surface area (Å²) in [5, 5.41) is 9.18. The van der Waals surface area contributed by atoms with Gasteiger partial charge in [0.15, 0.2) is 0 Å². The molecule has 1 aromatic rings. The number of benzene rings is 1. The number of nitriles is 1. The number of methoxy groups -OCH3 is 1. The highest BCUT2D eigenvalue weighted by molar-refractivity contribution is 5.45. The molecule has 0 unspecified atom stereocenters. The Kier molecular flexibility index (Phi) is 6.67. The van der Waals surface area contributed by atoms with Crippen LogP contribution >= 0.6 is 0 Å². The van der Waals surface area contributed by atoms with Gasteiger partial charge in [-0.3, -0.25) is 4.90 Å². The molecule has 21 heavy (non-hydrogen) atoms. The molecule has 0 fully saturated rings. The van der Waals surface area contributed by atoms with Gasteiger partial charge in [-0.2, -0.15) is 5.26 Å². The summed E-state index contributed by atoms with van der Waals surface area (Å²) >= 11 is 0. The monoisotopic (exact) mass is 289 g/mol. The zero-order valence-corrected chi connectivity index (χ0v) is 13.6. The molecule has 0 radical (unpaired) electrons. The van der Waals surface area contributed by atoms with Crippen LogP contribution in [0.2, 0.25) is 0 Å². The fourth-order valence-corrected chi connectivity index (χ4v) is 2.40. The molecule has 0 aliphatic carbocycles. The lowest BCUT2D eigenvalue weighted by Crippen LogP contribution is -2.38. The van der Waals surface area contributed by atoms with Crippen LogP contribution in [0.4, 0.5) is 0 Å². The Morgan fingerprint density at radius 3 is 2.62 bits per heavy atom. The van der Waals surface area contributed by atoms with E-state index in [4.69, 9.17) is 10.5 Å². The van der Waals surface area contributed by atoms with E-state index in [1.807, 2.05) is 18.2 Å². The van der Waals surface area contributed by atoms with Gasteiger partial charge in [0, 0.05) is 13.1 Å². The van der Waals surface area contributed by atoms with Crippen molar-refractivity contribution in [2.75, 3.05) is 26.7 Å². The van der Waals surface area contributed by atoms with Crippen LogP contribution < -0.4 is 10.5 Å². The molecule has 0 spiro atoms. The lowest BCUT2D eigenvalue weighted by Gasteiger charge is -2.31. The van der Waals surface area contributed by atoms with Crippen molar-refractivity contribution in [2.24, 2.45) is 11.1 Å². The topological polar surface area (TPSA) is 62.3 Å². The van der Waals surface area contributed by atoms with E-state index in [0.717, 1.165) is 31.6 Å². The number of nitrogens with two attached hydrogens (primary N) is 1. The van der Waals surface area contributed by atoms with E-state index < -0.39 is 0 Å². The summed E-state index contributed by atoms with van der Waals surface area (Å²) in [5.41, 5.74) is 7.66. The summed E-state index contributed by atoms with van der Waals surface area (Å²) < 4.78 is 5.19. The lowest BCUT2D eigenvalue weighted by atomic mass is 9.92. The third-order valence-corrected chi connectivity index (χ3v) is 3.53. The molecule has 0 saturated carbocycles. The van der Waals surface area contributed by atoms with Crippen LogP contribution in [0, 0.1) is 16.7 Å². The van der Waals surface area contributed by atoms with E-state index in [1.54, 1.807) is 7.11 Å². The van der Waals surface area contributed by atoms with Gasteiger partial charge in [0.1, 0.15) is 11.8 Å². The van der Waals surface area contributed by atoms with Crippen LogP contribution in [-0.4, -0.2) is 31.6 Å². The molecule has 0 amide bonds. The van der Waals surface area contributed by atoms with Gasteiger partial charge in [0.25, 0.3) is 0 Å². The molecule has 116 valence electrons. The van der Waals surface area contributed by atoms with Crippen LogP contribution in [0.25, 0.3) is 0 Å². The van der Waals surface area contributed by atoms with E-state index in [-0.39, 0.29) is 5.41 Å². The second-order valence-electron chi connectivity index (χ2n) is 6.23. The second kappa shape index (κ2) is 8.02. The smallest absolute Gasteiger partial charge is 0.136 e. The van der Waals surface area contributed by atoms with Crippen LogP contribution in [0.15, 0.2) is 18.2 Å². The number of hydrogen-bond donors (Lipinski definition) is 1. The van der Waals surface area contributed by atoms with E-state index >= 15 is 0 Å². The lowest BCUT2D eigenvalue weighted by molar-refractivity contribution is 0.176. The van der Waals surface area contributed by atoms with Crippen LogP contribution in [0.5, 0.6) is 5.75 Å². The minimum atomic E-state index is 0.0969. The average Bonchev–Trinajstić information content (AvgIpc) is 2.47. The molecule has 0 aromatic heterocycles. The van der Waals surface area contributed by atoms with Crippen molar-refractivity contribution >= 4 is 0 Å². The first-order chi connectivity index (χ1) is 9.95. The molecule has 4 heteroatoms. The highest BCUT2D eigenvalue weighted by Crippen LogP contribution is 2.21. The van der Waals surface area contributed by atoms with E-state index in [2.05, 4.69) is 31.7 Å². The van der Waals surface area contributed by atoms with Gasteiger partial charge < -0.3 is 10.5 Å². The first-order valence-electron chi connectivity index (χ1n) is 7.45. The number of hydrogen-bond acceptors (Lipinski definition) is 4. The normalized spacial score (nSPS) is 11.5. The fourth-order valence-electron chi connectivity index (χ4n) is 2.40. The number of rotatable bonds is 8. The summed E-state index contributed by atoms with van der Waals surface area (Å²) in [6.07, 6.45) is 1.10. The Balaban J connectivity index is 2.87. The molecule has 2 N–H and O–H groups in total. The molecule has 0 saturated heterocycles. The van der Waals surface area contributed by atoms with Crippen LogP contribution in [0.1, 0.15) is 38.3 Å². The Bertz CT molecular complexity index is 491. The molecule has 0 bridgehead atoms. The zero-order valence-electron chi connectivity index (χ0n) is 13.6. The highest BCUT2D eigenvalue weighted by atomic mass is 16.5. The van der Waals surface area contributed by atoms with E-state index in [1.165, 1.54) is 0 Å². The second-order valence-corrected chi connectivity index (χ2v) is 6.23. The van der Waals surface area contributed by atoms with Gasteiger partial charge in [-0.1, -0.05) is 26.8 Å². The van der Waals surface area contributed by atoms with Gasteiger partial charge in [-0.15, -0.1) is 0 Å². The molecular weight excluding hydrogens is 262 g/mol. The van der Waals surface area contributed by atoms with Crippen molar-refractivity contribution < 1.29 is 4.74 Å². The van der Waals surface area contributed by atoms with Gasteiger partial charge >= 0.3 is 0 Å². The molecule has 0 aliphatic heterocycles.